The average Bonchev–Trinajstić information content (AvgIpc) is 2.32. The molecule has 2 unspecified atom stereocenters. The lowest BCUT2D eigenvalue weighted by atomic mass is 10.1. The number of hydrogen-bond donors (Lipinski definition) is 0. The van der Waals surface area contributed by atoms with Gasteiger partial charge < -0.3 is 0 Å². The lowest BCUT2D eigenvalue weighted by Crippen LogP contribution is -2.16. The normalized spacial score (nSPS) is 47.6. The molecule has 0 nitrogen and oxygen atoms in total. The molecule has 0 saturated heterocycles. The van der Waals surface area contributed by atoms with Gasteiger partial charge in [0.1, 0.15) is 0 Å². The maximum Gasteiger partial charge on any atom is 0.186 e. The summed E-state index contributed by atoms with van der Waals surface area (Å²) in [6.45, 7) is 0. The van der Waals surface area contributed by atoms with Gasteiger partial charge in [-0.15, -0.1) is 0 Å². The summed E-state index contributed by atoms with van der Waals surface area (Å²) in [7, 11) is 0. The van der Waals surface area contributed by atoms with Gasteiger partial charge in [0, 0.05) is 6.42 Å². The van der Waals surface area contributed by atoms with E-state index in [-0.39, 0.29) is 0 Å². The first kappa shape index (κ1) is 6.88. The molecule has 4 heteroatoms. The van der Waals surface area contributed by atoms with Crippen LogP contribution in [0.2, 0.25) is 0 Å². The minimum absolute atomic E-state index is 0.728. The van der Waals surface area contributed by atoms with E-state index in [0.717, 1.165) is 12.2 Å². The Morgan fingerprint density at radius 2 is 1.36 bits per heavy atom. The molecule has 0 aliphatic heterocycles. The SMILES string of the molecule is FC1=C(F)C2(F)C=CC1(F)C2. The van der Waals surface area contributed by atoms with E-state index in [0.29, 0.717) is 0 Å². The van der Waals surface area contributed by atoms with Crippen LogP contribution in [0.1, 0.15) is 6.42 Å². The molecule has 0 radical (unpaired) electrons. The maximum atomic E-state index is 13.0. The summed E-state index contributed by atoms with van der Waals surface area (Å²) in [5.41, 5.74) is -5.03. The van der Waals surface area contributed by atoms with Gasteiger partial charge in [-0.2, -0.15) is 0 Å². The number of allylic oxidation sites excluding steroid dienone is 4. The summed E-state index contributed by atoms with van der Waals surface area (Å²) in [6.07, 6.45) is 0.675. The van der Waals surface area contributed by atoms with Crippen LogP contribution >= 0.6 is 0 Å². The molecule has 60 valence electrons. The minimum Gasteiger partial charge on any atom is -0.231 e. The fourth-order valence-electron chi connectivity index (χ4n) is 1.42. The number of rotatable bonds is 0. The molecule has 0 aromatic rings. The average molecular weight is 164 g/mol. The summed E-state index contributed by atoms with van der Waals surface area (Å²) >= 11 is 0. The molecule has 0 aromatic carbocycles. The second kappa shape index (κ2) is 1.52. The maximum absolute atomic E-state index is 13.0. The van der Waals surface area contributed by atoms with Crippen LogP contribution in [0.15, 0.2) is 23.8 Å². The number of halogens is 4. The smallest absolute Gasteiger partial charge is 0.186 e. The summed E-state index contributed by atoms with van der Waals surface area (Å²) in [5.74, 6) is -3.22. The molecule has 0 N–H and O–H groups in total. The Kier molecular flexibility index (Phi) is 0.949. The molecule has 2 rings (SSSR count). The second-order valence-corrected chi connectivity index (χ2v) is 2.86. The molecule has 2 aliphatic rings. The van der Waals surface area contributed by atoms with Gasteiger partial charge in [0.2, 0.25) is 0 Å². The van der Waals surface area contributed by atoms with E-state index in [1.807, 2.05) is 0 Å². The first-order valence-electron chi connectivity index (χ1n) is 3.12. The van der Waals surface area contributed by atoms with E-state index in [9.17, 15) is 17.6 Å². The van der Waals surface area contributed by atoms with Gasteiger partial charge in [-0.1, -0.05) is 0 Å². The number of alkyl halides is 2. The van der Waals surface area contributed by atoms with Crippen molar-refractivity contribution in [2.45, 2.75) is 17.8 Å². The molecule has 11 heavy (non-hydrogen) atoms. The topological polar surface area (TPSA) is 0 Å². The number of fused-ring (bicyclic) bond motifs is 2. The second-order valence-electron chi connectivity index (χ2n) is 2.86. The first-order chi connectivity index (χ1) is 4.98. The van der Waals surface area contributed by atoms with Crippen LogP contribution in [-0.4, -0.2) is 11.3 Å². The van der Waals surface area contributed by atoms with Gasteiger partial charge in [0.05, 0.1) is 0 Å². The van der Waals surface area contributed by atoms with Gasteiger partial charge in [-0.3, -0.25) is 0 Å². The molecule has 0 saturated carbocycles. The summed E-state index contributed by atoms with van der Waals surface area (Å²) in [5, 5.41) is 0. The van der Waals surface area contributed by atoms with E-state index < -0.39 is 29.4 Å². The summed E-state index contributed by atoms with van der Waals surface area (Å²) in [4.78, 5) is 0. The molecule has 2 aliphatic carbocycles. The van der Waals surface area contributed by atoms with Gasteiger partial charge in [0.15, 0.2) is 23.0 Å². The van der Waals surface area contributed by atoms with Crippen LogP contribution in [0, 0.1) is 0 Å². The highest BCUT2D eigenvalue weighted by Gasteiger charge is 2.59. The van der Waals surface area contributed by atoms with Gasteiger partial charge >= 0.3 is 0 Å². The molecular weight excluding hydrogens is 160 g/mol. The Bertz CT molecular complexity index is 254. The molecular formula is C7H4F4. The van der Waals surface area contributed by atoms with E-state index >= 15 is 0 Å². The zero-order chi connectivity index (χ0) is 8.28. The third-order valence-electron chi connectivity index (χ3n) is 2.05. The van der Waals surface area contributed by atoms with Crippen molar-refractivity contribution in [2.24, 2.45) is 0 Å². The zero-order valence-electron chi connectivity index (χ0n) is 5.37. The predicted octanol–water partition coefficient (Wildman–Crippen LogP) is 2.53. The fraction of sp³-hybridized carbons (Fsp3) is 0.429. The van der Waals surface area contributed by atoms with Crippen molar-refractivity contribution < 1.29 is 17.6 Å². The van der Waals surface area contributed by atoms with Crippen molar-refractivity contribution >= 4 is 0 Å². The molecule has 0 fully saturated rings. The highest BCUT2D eigenvalue weighted by Crippen LogP contribution is 2.54. The van der Waals surface area contributed by atoms with E-state index in [4.69, 9.17) is 0 Å². The van der Waals surface area contributed by atoms with Crippen LogP contribution in [0.25, 0.3) is 0 Å². The highest BCUT2D eigenvalue weighted by molar-refractivity contribution is 5.46. The van der Waals surface area contributed by atoms with Crippen molar-refractivity contribution in [3.05, 3.63) is 23.8 Å². The summed E-state index contributed by atoms with van der Waals surface area (Å²) in [6, 6.07) is 0. The van der Waals surface area contributed by atoms with Gasteiger partial charge in [-0.25, -0.2) is 17.6 Å². The Balaban J connectivity index is 2.58. The molecule has 2 atom stereocenters. The summed E-state index contributed by atoms with van der Waals surface area (Å²) < 4.78 is 50.9. The van der Waals surface area contributed by atoms with Crippen LogP contribution in [0.5, 0.6) is 0 Å². The third-order valence-corrected chi connectivity index (χ3v) is 2.05. The lowest BCUT2D eigenvalue weighted by Gasteiger charge is -2.08. The molecule has 0 spiro atoms. The Morgan fingerprint density at radius 1 is 1.00 bits per heavy atom. The fourth-order valence-corrected chi connectivity index (χ4v) is 1.42. The van der Waals surface area contributed by atoms with Crippen molar-refractivity contribution in [1.82, 2.24) is 0 Å². The van der Waals surface area contributed by atoms with E-state index in [1.54, 1.807) is 0 Å². The quantitative estimate of drug-likeness (QED) is 0.381. The minimum atomic E-state index is -2.52. The molecule has 0 amide bonds. The highest BCUT2D eigenvalue weighted by atomic mass is 19.2. The predicted molar refractivity (Wildman–Crippen MR) is 30.7 cm³/mol. The van der Waals surface area contributed by atoms with Crippen LogP contribution in [-0.2, 0) is 0 Å². The number of hydrogen-bond acceptors (Lipinski definition) is 0. The molecule has 0 heterocycles. The van der Waals surface area contributed by atoms with Gasteiger partial charge in [0.25, 0.3) is 0 Å². The Labute approximate surface area is 60.2 Å². The molecule has 0 aromatic heterocycles. The first-order valence-corrected chi connectivity index (χ1v) is 3.12. The lowest BCUT2D eigenvalue weighted by molar-refractivity contribution is 0.191. The zero-order valence-corrected chi connectivity index (χ0v) is 5.37. The van der Waals surface area contributed by atoms with Gasteiger partial charge in [-0.05, 0) is 12.2 Å². The van der Waals surface area contributed by atoms with Crippen LogP contribution < -0.4 is 0 Å². The monoisotopic (exact) mass is 164 g/mol. The van der Waals surface area contributed by atoms with Crippen LogP contribution in [0.3, 0.4) is 0 Å². The Hall–Kier alpha value is -0.800. The van der Waals surface area contributed by atoms with Crippen molar-refractivity contribution in [3.8, 4) is 0 Å². The molecule has 2 bridgehead atoms. The van der Waals surface area contributed by atoms with Crippen molar-refractivity contribution in [2.75, 3.05) is 0 Å². The third kappa shape index (κ3) is 0.600. The van der Waals surface area contributed by atoms with E-state index in [2.05, 4.69) is 0 Å². The Morgan fingerprint density at radius 3 is 1.55 bits per heavy atom. The van der Waals surface area contributed by atoms with Crippen molar-refractivity contribution in [1.29, 1.82) is 0 Å². The standard InChI is InChI=1S/C7H4F4/c8-4-5(9)7(11)2-1-6(4,10)3-7/h1-2H,3H2. The van der Waals surface area contributed by atoms with Crippen molar-refractivity contribution in [3.63, 3.8) is 0 Å². The van der Waals surface area contributed by atoms with Crippen LogP contribution in [0.4, 0.5) is 17.6 Å². The largest absolute Gasteiger partial charge is 0.231 e. The van der Waals surface area contributed by atoms with E-state index in [1.165, 1.54) is 0 Å².